The Kier molecular flexibility index (Phi) is 5.63. The van der Waals surface area contributed by atoms with Crippen LogP contribution in [0.1, 0.15) is 36.3 Å². The number of hydrogen-bond acceptors (Lipinski definition) is 3. The highest BCUT2D eigenvalue weighted by Crippen LogP contribution is 2.24. The van der Waals surface area contributed by atoms with Gasteiger partial charge in [0.1, 0.15) is 29.8 Å². The lowest BCUT2D eigenvalue weighted by Crippen LogP contribution is -2.35. The predicted octanol–water partition coefficient (Wildman–Crippen LogP) is 3.89. The van der Waals surface area contributed by atoms with E-state index in [2.05, 4.69) is 4.90 Å². The second-order valence-electron chi connectivity index (χ2n) is 6.54. The molecule has 0 spiro atoms. The van der Waals surface area contributed by atoms with Crippen LogP contribution in [-0.4, -0.2) is 23.1 Å². The molecule has 2 aromatic rings. The molecule has 0 unspecified atom stereocenters. The third-order valence-electron chi connectivity index (χ3n) is 4.69. The van der Waals surface area contributed by atoms with Crippen LogP contribution in [0, 0.1) is 17.6 Å². The Morgan fingerprint density at radius 1 is 1.17 bits per heavy atom. The van der Waals surface area contributed by atoms with Crippen LogP contribution in [0.4, 0.5) is 8.78 Å². The monoisotopic (exact) mass is 335 g/mol. The summed E-state index contributed by atoms with van der Waals surface area (Å²) in [6, 6.07) is 7.53. The number of halogens is 2. The van der Waals surface area contributed by atoms with Gasteiger partial charge in [-0.15, -0.1) is 0 Å². The molecule has 2 heterocycles. The predicted molar refractivity (Wildman–Crippen MR) is 87.3 cm³/mol. The Bertz CT molecular complexity index is 671. The van der Waals surface area contributed by atoms with Crippen molar-refractivity contribution in [3.8, 4) is 0 Å². The van der Waals surface area contributed by atoms with Gasteiger partial charge in [-0.3, -0.25) is 4.90 Å². The first kappa shape index (κ1) is 17.1. The first-order chi connectivity index (χ1) is 11.6. The van der Waals surface area contributed by atoms with Crippen LogP contribution in [0.5, 0.6) is 0 Å². The molecule has 1 saturated heterocycles. The fourth-order valence-electron chi connectivity index (χ4n) is 3.43. The molecule has 1 aromatic heterocycles. The van der Waals surface area contributed by atoms with Crippen LogP contribution in [0.15, 0.2) is 34.7 Å². The highest BCUT2D eigenvalue weighted by molar-refractivity contribution is 5.18. The van der Waals surface area contributed by atoms with Gasteiger partial charge in [0.25, 0.3) is 0 Å². The number of nitrogens with zero attached hydrogens (tertiary/aromatic N) is 1. The number of likely N-dealkylation sites (tertiary alicyclic amines) is 1. The standard InChI is InChI=1S/C19H23F2NO2/c20-16-6-5-15(19(21)10-16)4-3-14-2-1-9-22(11-14)12-17-7-8-18(13-23)24-17/h5-8,10,14,23H,1-4,9,11-13H2/t14-/m0/s1. The molecule has 0 aliphatic carbocycles. The lowest BCUT2D eigenvalue weighted by Gasteiger charge is -2.32. The Balaban J connectivity index is 1.51. The molecule has 1 aliphatic rings. The minimum atomic E-state index is -0.527. The zero-order chi connectivity index (χ0) is 16.9. The third kappa shape index (κ3) is 4.42. The quantitative estimate of drug-likeness (QED) is 0.870. The van der Waals surface area contributed by atoms with Gasteiger partial charge in [-0.1, -0.05) is 6.07 Å². The van der Waals surface area contributed by atoms with Gasteiger partial charge in [0.15, 0.2) is 0 Å². The van der Waals surface area contributed by atoms with Gasteiger partial charge in [-0.2, -0.15) is 0 Å². The van der Waals surface area contributed by atoms with E-state index < -0.39 is 11.6 Å². The van der Waals surface area contributed by atoms with Crippen molar-refractivity contribution in [2.24, 2.45) is 5.92 Å². The van der Waals surface area contributed by atoms with Gasteiger partial charge < -0.3 is 9.52 Å². The summed E-state index contributed by atoms with van der Waals surface area (Å²) in [5.41, 5.74) is 0.590. The average Bonchev–Trinajstić information content (AvgIpc) is 3.02. The minimum absolute atomic E-state index is 0.0775. The highest BCUT2D eigenvalue weighted by Gasteiger charge is 2.21. The highest BCUT2D eigenvalue weighted by atomic mass is 19.1. The lowest BCUT2D eigenvalue weighted by atomic mass is 9.91. The van der Waals surface area contributed by atoms with Crippen molar-refractivity contribution in [3.05, 3.63) is 59.1 Å². The number of piperidine rings is 1. The zero-order valence-corrected chi connectivity index (χ0v) is 13.7. The SMILES string of the molecule is OCc1ccc(CN2CCC[C@@H](CCc3ccc(F)cc3F)C2)o1. The summed E-state index contributed by atoms with van der Waals surface area (Å²) in [6.45, 7) is 2.64. The number of aliphatic hydroxyl groups excluding tert-OH is 1. The van der Waals surface area contributed by atoms with E-state index >= 15 is 0 Å². The van der Waals surface area contributed by atoms with Crippen LogP contribution in [-0.2, 0) is 19.6 Å². The fourth-order valence-corrected chi connectivity index (χ4v) is 3.43. The second-order valence-corrected chi connectivity index (χ2v) is 6.54. The van der Waals surface area contributed by atoms with E-state index in [0.717, 1.165) is 50.7 Å². The number of hydrogen-bond donors (Lipinski definition) is 1. The molecule has 1 atom stereocenters. The summed E-state index contributed by atoms with van der Waals surface area (Å²) in [5, 5.41) is 9.06. The molecule has 1 aromatic carbocycles. The topological polar surface area (TPSA) is 36.6 Å². The molecule has 24 heavy (non-hydrogen) atoms. The van der Waals surface area contributed by atoms with Gasteiger partial charge >= 0.3 is 0 Å². The molecule has 0 amide bonds. The fraction of sp³-hybridized carbons (Fsp3) is 0.474. The molecule has 0 radical (unpaired) electrons. The van der Waals surface area contributed by atoms with Crippen LogP contribution >= 0.6 is 0 Å². The molecule has 0 saturated carbocycles. The summed E-state index contributed by atoms with van der Waals surface area (Å²) in [5.74, 6) is 0.987. The minimum Gasteiger partial charge on any atom is -0.462 e. The molecular formula is C19H23F2NO2. The van der Waals surface area contributed by atoms with E-state index in [9.17, 15) is 8.78 Å². The van der Waals surface area contributed by atoms with Gasteiger partial charge in [-0.05, 0) is 61.9 Å². The van der Waals surface area contributed by atoms with Gasteiger partial charge in [0.2, 0.25) is 0 Å². The van der Waals surface area contributed by atoms with E-state index in [-0.39, 0.29) is 6.61 Å². The number of benzene rings is 1. The molecular weight excluding hydrogens is 312 g/mol. The van der Waals surface area contributed by atoms with Crippen molar-refractivity contribution in [1.29, 1.82) is 0 Å². The molecule has 0 bridgehead atoms. The van der Waals surface area contributed by atoms with E-state index in [4.69, 9.17) is 9.52 Å². The van der Waals surface area contributed by atoms with Gasteiger partial charge in [0, 0.05) is 12.6 Å². The van der Waals surface area contributed by atoms with E-state index in [1.807, 2.05) is 6.07 Å². The second kappa shape index (κ2) is 7.90. The summed E-state index contributed by atoms with van der Waals surface area (Å²) >= 11 is 0. The number of furan rings is 1. The number of aliphatic hydroxyl groups is 1. The van der Waals surface area contributed by atoms with Crippen molar-refractivity contribution >= 4 is 0 Å². The Labute approximate surface area is 140 Å². The molecule has 5 heteroatoms. The molecule has 3 rings (SSSR count). The van der Waals surface area contributed by atoms with Crippen molar-refractivity contribution in [2.45, 2.75) is 38.8 Å². The van der Waals surface area contributed by atoms with Crippen LogP contribution in [0.25, 0.3) is 0 Å². The van der Waals surface area contributed by atoms with Gasteiger partial charge in [-0.25, -0.2) is 8.78 Å². The maximum atomic E-state index is 13.7. The Morgan fingerprint density at radius 2 is 2.00 bits per heavy atom. The largest absolute Gasteiger partial charge is 0.462 e. The van der Waals surface area contributed by atoms with Crippen molar-refractivity contribution < 1.29 is 18.3 Å². The summed E-state index contributed by atoms with van der Waals surface area (Å²) in [4.78, 5) is 2.34. The third-order valence-corrected chi connectivity index (χ3v) is 4.69. The normalized spacial score (nSPS) is 18.9. The van der Waals surface area contributed by atoms with E-state index in [0.29, 0.717) is 23.7 Å². The van der Waals surface area contributed by atoms with Crippen molar-refractivity contribution in [3.63, 3.8) is 0 Å². The smallest absolute Gasteiger partial charge is 0.129 e. The average molecular weight is 335 g/mol. The van der Waals surface area contributed by atoms with Crippen LogP contribution < -0.4 is 0 Å². The lowest BCUT2D eigenvalue weighted by molar-refractivity contribution is 0.148. The molecule has 3 nitrogen and oxygen atoms in total. The number of rotatable bonds is 6. The summed E-state index contributed by atoms with van der Waals surface area (Å²) in [7, 11) is 0. The number of aryl methyl sites for hydroxylation is 1. The zero-order valence-electron chi connectivity index (χ0n) is 13.7. The van der Waals surface area contributed by atoms with Crippen LogP contribution in [0.3, 0.4) is 0 Å². The molecule has 1 fully saturated rings. The van der Waals surface area contributed by atoms with Crippen molar-refractivity contribution in [2.75, 3.05) is 13.1 Å². The molecule has 1 N–H and O–H groups in total. The Morgan fingerprint density at radius 3 is 2.75 bits per heavy atom. The summed E-state index contributed by atoms with van der Waals surface area (Å²) < 4.78 is 32.2. The maximum Gasteiger partial charge on any atom is 0.129 e. The van der Waals surface area contributed by atoms with E-state index in [1.165, 1.54) is 6.07 Å². The van der Waals surface area contributed by atoms with Gasteiger partial charge in [0.05, 0.1) is 6.54 Å². The first-order valence-corrected chi connectivity index (χ1v) is 8.49. The maximum absolute atomic E-state index is 13.7. The van der Waals surface area contributed by atoms with Crippen LogP contribution in [0.2, 0.25) is 0 Å². The first-order valence-electron chi connectivity index (χ1n) is 8.49. The summed E-state index contributed by atoms with van der Waals surface area (Å²) in [6.07, 6.45) is 3.79. The molecule has 130 valence electrons. The Hall–Kier alpha value is -1.72. The van der Waals surface area contributed by atoms with Crippen molar-refractivity contribution in [1.82, 2.24) is 4.90 Å². The van der Waals surface area contributed by atoms with E-state index in [1.54, 1.807) is 12.1 Å². The molecule has 1 aliphatic heterocycles.